The van der Waals surface area contributed by atoms with Crippen molar-refractivity contribution in [3.05, 3.63) is 57.1 Å². The molecule has 174 valence electrons. The highest BCUT2D eigenvalue weighted by molar-refractivity contribution is 7.99. The minimum absolute atomic E-state index is 0.0941. The number of hydrogen-bond acceptors (Lipinski definition) is 8. The molecule has 14 heteroatoms. The fraction of sp³-hybridized carbons (Fsp3) is 0.278. The van der Waals surface area contributed by atoms with Crippen LogP contribution in [0.4, 0.5) is 14.5 Å². The van der Waals surface area contributed by atoms with Gasteiger partial charge in [-0.15, -0.1) is 11.8 Å². The first-order valence-electron chi connectivity index (χ1n) is 8.89. The van der Waals surface area contributed by atoms with Gasteiger partial charge in [0.25, 0.3) is 5.69 Å². The first kappa shape index (κ1) is 25.8. The third kappa shape index (κ3) is 7.02. The second-order valence-corrected chi connectivity index (χ2v) is 9.27. The molecule has 0 aromatic heterocycles. The van der Waals surface area contributed by atoms with E-state index in [2.05, 4.69) is 9.46 Å². The van der Waals surface area contributed by atoms with E-state index in [4.69, 9.17) is 16.3 Å². The molecule has 0 heterocycles. The Bertz CT molecular complexity index is 1090. The van der Waals surface area contributed by atoms with E-state index in [0.29, 0.717) is 0 Å². The van der Waals surface area contributed by atoms with Gasteiger partial charge in [-0.1, -0.05) is 11.6 Å². The number of nitrogens with one attached hydrogen (secondary N) is 1. The second-order valence-electron chi connectivity index (χ2n) is 5.93. The lowest BCUT2D eigenvalue weighted by Gasteiger charge is -2.10. The van der Waals surface area contributed by atoms with Gasteiger partial charge in [0.1, 0.15) is 5.02 Å². The largest absolute Gasteiger partial charge is 0.476 e. The number of rotatable bonds is 11. The molecule has 0 saturated carbocycles. The van der Waals surface area contributed by atoms with Crippen LogP contribution in [0.2, 0.25) is 5.02 Å². The van der Waals surface area contributed by atoms with Crippen molar-refractivity contribution in [2.45, 2.75) is 16.7 Å². The van der Waals surface area contributed by atoms with E-state index in [0.717, 1.165) is 42.1 Å². The topological polar surface area (TPSA) is 125 Å². The highest BCUT2D eigenvalue weighted by Crippen LogP contribution is 2.29. The number of benzene rings is 2. The van der Waals surface area contributed by atoms with Crippen LogP contribution in [0.15, 0.2) is 40.1 Å². The van der Waals surface area contributed by atoms with E-state index in [1.54, 1.807) is 6.92 Å². The van der Waals surface area contributed by atoms with Gasteiger partial charge in [-0.3, -0.25) is 10.1 Å². The number of nitro benzene ring substituents is 1. The van der Waals surface area contributed by atoms with E-state index >= 15 is 0 Å². The summed E-state index contributed by atoms with van der Waals surface area (Å²) in [5.74, 6) is -3.48. The number of carbonyl (C=O) groups excluding carboxylic acids is 1. The minimum atomic E-state index is -4.07. The zero-order valence-electron chi connectivity index (χ0n) is 16.5. The molecule has 32 heavy (non-hydrogen) atoms. The van der Waals surface area contributed by atoms with Gasteiger partial charge in [0.15, 0.2) is 24.0 Å². The van der Waals surface area contributed by atoms with E-state index < -0.39 is 50.6 Å². The number of thioether (sulfide) groups is 1. The number of ether oxygens (including phenoxy) is 2. The zero-order chi connectivity index (χ0) is 23.9. The van der Waals surface area contributed by atoms with Crippen LogP contribution in [0.5, 0.6) is 5.75 Å². The molecule has 0 unspecified atom stereocenters. The maximum atomic E-state index is 14.1. The van der Waals surface area contributed by atoms with Crippen molar-refractivity contribution in [3.63, 3.8) is 0 Å². The molecular weight excluding hydrogens is 494 g/mol. The highest BCUT2D eigenvalue weighted by Gasteiger charge is 2.20. The van der Waals surface area contributed by atoms with Crippen LogP contribution in [-0.2, 0) is 19.6 Å². The molecule has 2 aromatic carbocycles. The maximum Gasteiger partial charge on any atom is 0.344 e. The van der Waals surface area contributed by atoms with Gasteiger partial charge in [-0.2, -0.15) is 0 Å². The summed E-state index contributed by atoms with van der Waals surface area (Å²) in [7, 11) is -4.07. The number of hydrogen-bond donors (Lipinski definition) is 1. The van der Waals surface area contributed by atoms with Crippen molar-refractivity contribution in [2.24, 2.45) is 0 Å². The molecule has 0 aliphatic carbocycles. The van der Waals surface area contributed by atoms with Crippen LogP contribution in [0.3, 0.4) is 0 Å². The van der Waals surface area contributed by atoms with Crippen LogP contribution in [0, 0.1) is 21.7 Å². The van der Waals surface area contributed by atoms with Crippen molar-refractivity contribution in [3.8, 4) is 5.75 Å². The molecule has 2 aromatic rings. The summed E-state index contributed by atoms with van der Waals surface area (Å²) in [4.78, 5) is 21.2. The van der Waals surface area contributed by atoms with Crippen molar-refractivity contribution in [1.29, 1.82) is 0 Å². The van der Waals surface area contributed by atoms with Crippen molar-refractivity contribution >= 4 is 45.0 Å². The van der Waals surface area contributed by atoms with Gasteiger partial charge < -0.3 is 9.47 Å². The molecule has 1 N–H and O–H groups in total. The average Bonchev–Trinajstić information content (AvgIpc) is 2.70. The predicted molar refractivity (Wildman–Crippen MR) is 113 cm³/mol. The van der Waals surface area contributed by atoms with Crippen LogP contribution in [0.25, 0.3) is 0 Å². The number of sulfonamides is 1. The summed E-state index contributed by atoms with van der Waals surface area (Å²) in [5.41, 5.74) is -0.555. The van der Waals surface area contributed by atoms with E-state index in [1.165, 1.54) is 0 Å². The number of nitrogens with zero attached hydrogens (tertiary/aromatic N) is 1. The summed E-state index contributed by atoms with van der Waals surface area (Å²) < 4.78 is 64.4. The van der Waals surface area contributed by atoms with Crippen molar-refractivity contribution < 1.29 is 36.4 Å². The van der Waals surface area contributed by atoms with Gasteiger partial charge in [0, 0.05) is 23.3 Å². The number of nitro groups is 1. The Morgan fingerprint density at radius 3 is 2.50 bits per heavy atom. The molecule has 9 nitrogen and oxygen atoms in total. The van der Waals surface area contributed by atoms with Gasteiger partial charge in [0.05, 0.1) is 16.4 Å². The predicted octanol–water partition coefficient (Wildman–Crippen LogP) is 3.54. The third-order valence-corrected chi connectivity index (χ3v) is 6.45. The standard InChI is InChI=1S/C18H17ClF2N2O7S2/c1-2-29-17(24)10-30-18-14(20)7-11(8-15(18)21)31-6-5-22-32(27,28)12-3-4-13(19)16(9-12)23(25)26/h3-4,7-9,22H,2,5-6,10H2,1H3. The SMILES string of the molecule is CCOC(=O)COc1c(F)cc(SCCNS(=O)(=O)c2ccc(Cl)c([N+](=O)[O-])c2)cc1F. The Morgan fingerprint density at radius 1 is 1.25 bits per heavy atom. The summed E-state index contributed by atoms with van der Waals surface area (Å²) in [6.07, 6.45) is 0. The monoisotopic (exact) mass is 510 g/mol. The lowest BCUT2D eigenvalue weighted by molar-refractivity contribution is -0.384. The molecule has 2 rings (SSSR count). The lowest BCUT2D eigenvalue weighted by Crippen LogP contribution is -2.26. The number of esters is 1. The van der Waals surface area contributed by atoms with Crippen LogP contribution >= 0.6 is 23.4 Å². The van der Waals surface area contributed by atoms with Crippen molar-refractivity contribution in [2.75, 3.05) is 25.5 Å². The van der Waals surface area contributed by atoms with E-state index in [-0.39, 0.29) is 33.7 Å². The summed E-state index contributed by atoms with van der Waals surface area (Å²) in [6, 6.07) is 5.00. The van der Waals surface area contributed by atoms with Crippen LogP contribution < -0.4 is 9.46 Å². The summed E-state index contributed by atoms with van der Waals surface area (Å²) in [5, 5.41) is 10.7. The molecule has 0 fully saturated rings. The summed E-state index contributed by atoms with van der Waals surface area (Å²) in [6.45, 7) is 0.887. The Morgan fingerprint density at radius 2 is 1.91 bits per heavy atom. The smallest absolute Gasteiger partial charge is 0.344 e. The summed E-state index contributed by atoms with van der Waals surface area (Å²) >= 11 is 6.62. The Hall–Kier alpha value is -2.48. The minimum Gasteiger partial charge on any atom is -0.476 e. The first-order valence-corrected chi connectivity index (χ1v) is 11.7. The normalized spacial score (nSPS) is 11.2. The highest BCUT2D eigenvalue weighted by atomic mass is 35.5. The molecule has 0 saturated heterocycles. The zero-order valence-corrected chi connectivity index (χ0v) is 18.9. The Kier molecular flexibility index (Phi) is 9.19. The fourth-order valence-corrected chi connectivity index (χ4v) is 4.50. The maximum absolute atomic E-state index is 14.1. The molecule has 0 amide bonds. The molecular formula is C18H17ClF2N2O7S2. The van der Waals surface area contributed by atoms with Crippen LogP contribution in [0.1, 0.15) is 6.92 Å². The molecule has 0 aliphatic rings. The molecule has 0 aliphatic heterocycles. The number of carbonyl (C=O) groups is 1. The second kappa shape index (κ2) is 11.4. The third-order valence-electron chi connectivity index (χ3n) is 3.70. The van der Waals surface area contributed by atoms with Gasteiger partial charge >= 0.3 is 5.97 Å². The Labute approximate surface area is 191 Å². The fourth-order valence-electron chi connectivity index (χ4n) is 2.32. The van der Waals surface area contributed by atoms with Crippen molar-refractivity contribution in [1.82, 2.24) is 4.72 Å². The van der Waals surface area contributed by atoms with E-state index in [1.807, 2.05) is 0 Å². The number of halogens is 3. The molecule has 0 radical (unpaired) electrons. The molecule has 0 atom stereocenters. The quantitative estimate of drug-likeness (QED) is 0.160. The molecule has 0 spiro atoms. The van der Waals surface area contributed by atoms with Crippen LogP contribution in [-0.4, -0.2) is 44.8 Å². The van der Waals surface area contributed by atoms with E-state index in [9.17, 15) is 32.1 Å². The average molecular weight is 511 g/mol. The van der Waals surface area contributed by atoms with Gasteiger partial charge in [-0.25, -0.2) is 26.7 Å². The Balaban J connectivity index is 1.95. The lowest BCUT2D eigenvalue weighted by atomic mass is 10.3. The van der Waals surface area contributed by atoms with Gasteiger partial charge in [-0.05, 0) is 31.2 Å². The van der Waals surface area contributed by atoms with Gasteiger partial charge in [0.2, 0.25) is 10.0 Å². The first-order chi connectivity index (χ1) is 15.0. The molecule has 0 bridgehead atoms.